The van der Waals surface area contributed by atoms with Gasteiger partial charge in [0.05, 0.1) is 5.69 Å². The van der Waals surface area contributed by atoms with E-state index >= 15 is 0 Å². The summed E-state index contributed by atoms with van der Waals surface area (Å²) in [5.41, 5.74) is 2.37. The lowest BCUT2D eigenvalue weighted by atomic mass is 10.1. The van der Waals surface area contributed by atoms with Crippen LogP contribution in [0.3, 0.4) is 0 Å². The number of carbonyl (C=O) groups is 1. The Balaban J connectivity index is 2.21. The summed E-state index contributed by atoms with van der Waals surface area (Å²) in [7, 11) is 1.70. The van der Waals surface area contributed by atoms with Crippen LogP contribution in [0.15, 0.2) is 24.4 Å². The number of imidazole rings is 1. The topological polar surface area (TPSA) is 43.6 Å². The van der Waals surface area contributed by atoms with E-state index in [9.17, 15) is 4.79 Å². The van der Waals surface area contributed by atoms with Crippen molar-refractivity contribution in [1.29, 1.82) is 0 Å². The normalized spacial score (nSPS) is 10.9. The van der Waals surface area contributed by atoms with Gasteiger partial charge in [0.15, 0.2) is 6.29 Å². The number of carbonyl (C=O) groups excluding carboxylic acids is 1. The van der Waals surface area contributed by atoms with Gasteiger partial charge in [-0.15, -0.1) is 0 Å². The number of nitrogens with zero attached hydrogens (tertiary/aromatic N) is 2. The third-order valence-corrected chi connectivity index (χ3v) is 2.78. The van der Waals surface area contributed by atoms with Crippen molar-refractivity contribution in [2.75, 3.05) is 13.7 Å². The van der Waals surface area contributed by atoms with Gasteiger partial charge in [0.25, 0.3) is 0 Å². The number of pyridine rings is 1. The number of aromatic nitrogens is 2. The molecule has 0 spiro atoms. The van der Waals surface area contributed by atoms with Gasteiger partial charge in [-0.1, -0.05) is 6.07 Å². The highest BCUT2D eigenvalue weighted by Gasteiger charge is 2.10. The fourth-order valence-corrected chi connectivity index (χ4v) is 1.95. The fourth-order valence-electron chi connectivity index (χ4n) is 1.95. The predicted molar refractivity (Wildman–Crippen MR) is 65.4 cm³/mol. The van der Waals surface area contributed by atoms with Gasteiger partial charge in [0.1, 0.15) is 11.3 Å². The van der Waals surface area contributed by atoms with Crippen LogP contribution in [-0.4, -0.2) is 29.4 Å². The van der Waals surface area contributed by atoms with Gasteiger partial charge in [0, 0.05) is 19.9 Å². The van der Waals surface area contributed by atoms with E-state index < -0.39 is 0 Å². The molecule has 0 radical (unpaired) electrons. The monoisotopic (exact) mass is 232 g/mol. The Morgan fingerprint density at radius 3 is 3.06 bits per heavy atom. The van der Waals surface area contributed by atoms with Crippen molar-refractivity contribution < 1.29 is 9.53 Å². The van der Waals surface area contributed by atoms with E-state index in [0.29, 0.717) is 5.69 Å². The number of hydrogen-bond donors (Lipinski definition) is 0. The molecule has 17 heavy (non-hydrogen) atoms. The summed E-state index contributed by atoms with van der Waals surface area (Å²) in [4.78, 5) is 15.3. The van der Waals surface area contributed by atoms with Gasteiger partial charge in [-0.2, -0.15) is 0 Å². The van der Waals surface area contributed by atoms with Crippen molar-refractivity contribution in [2.24, 2.45) is 0 Å². The molecule has 2 aromatic heterocycles. The first-order valence-electron chi connectivity index (χ1n) is 5.77. The summed E-state index contributed by atoms with van der Waals surface area (Å²) in [6.45, 7) is 0.757. The van der Waals surface area contributed by atoms with Gasteiger partial charge in [-0.25, -0.2) is 4.98 Å². The van der Waals surface area contributed by atoms with Crippen LogP contribution in [0.1, 0.15) is 29.0 Å². The van der Waals surface area contributed by atoms with Crippen LogP contribution in [0, 0.1) is 0 Å². The van der Waals surface area contributed by atoms with E-state index in [1.165, 1.54) is 0 Å². The van der Waals surface area contributed by atoms with Gasteiger partial charge >= 0.3 is 0 Å². The van der Waals surface area contributed by atoms with Crippen molar-refractivity contribution in [3.05, 3.63) is 35.8 Å². The molecular weight excluding hydrogens is 216 g/mol. The molecule has 0 unspecified atom stereocenters. The lowest BCUT2D eigenvalue weighted by Crippen LogP contribution is -1.98. The third kappa shape index (κ3) is 2.53. The molecule has 0 aliphatic carbocycles. The zero-order valence-electron chi connectivity index (χ0n) is 9.93. The van der Waals surface area contributed by atoms with Crippen molar-refractivity contribution in [3.8, 4) is 0 Å². The quantitative estimate of drug-likeness (QED) is 0.566. The summed E-state index contributed by atoms with van der Waals surface area (Å²) in [5.74, 6) is 0. The Hall–Kier alpha value is -1.68. The zero-order valence-corrected chi connectivity index (χ0v) is 9.93. The van der Waals surface area contributed by atoms with Crippen molar-refractivity contribution in [3.63, 3.8) is 0 Å². The SMILES string of the molecule is COCCCCc1c(C=O)nc2ccccn12. The molecule has 0 aliphatic heterocycles. The van der Waals surface area contributed by atoms with Crippen molar-refractivity contribution in [1.82, 2.24) is 9.38 Å². The summed E-state index contributed by atoms with van der Waals surface area (Å²) < 4.78 is 7.00. The summed E-state index contributed by atoms with van der Waals surface area (Å²) in [6, 6.07) is 5.78. The maximum atomic E-state index is 11.0. The highest BCUT2D eigenvalue weighted by atomic mass is 16.5. The first-order chi connectivity index (χ1) is 8.36. The lowest BCUT2D eigenvalue weighted by Gasteiger charge is -2.02. The number of aryl methyl sites for hydroxylation is 1. The van der Waals surface area contributed by atoms with Crippen LogP contribution in [0.4, 0.5) is 0 Å². The molecule has 0 N–H and O–H groups in total. The third-order valence-electron chi connectivity index (χ3n) is 2.78. The minimum absolute atomic E-state index is 0.550. The first-order valence-corrected chi connectivity index (χ1v) is 5.77. The zero-order chi connectivity index (χ0) is 12.1. The molecule has 0 fully saturated rings. The largest absolute Gasteiger partial charge is 0.385 e. The second-order valence-electron chi connectivity index (χ2n) is 3.94. The molecule has 0 saturated heterocycles. The molecule has 4 heteroatoms. The Kier molecular flexibility index (Phi) is 3.88. The maximum absolute atomic E-state index is 11.0. The number of ether oxygens (including phenoxy) is 1. The summed E-state index contributed by atoms with van der Waals surface area (Å²) in [6.07, 6.45) is 5.62. The van der Waals surface area contributed by atoms with Crippen LogP contribution in [0.5, 0.6) is 0 Å². The minimum Gasteiger partial charge on any atom is -0.385 e. The van der Waals surface area contributed by atoms with Crippen molar-refractivity contribution in [2.45, 2.75) is 19.3 Å². The molecule has 2 heterocycles. The van der Waals surface area contributed by atoms with Crippen LogP contribution < -0.4 is 0 Å². The molecular formula is C13H16N2O2. The highest BCUT2D eigenvalue weighted by molar-refractivity contribution is 5.75. The van der Waals surface area contributed by atoms with Crippen LogP contribution in [-0.2, 0) is 11.2 Å². The average molecular weight is 232 g/mol. The number of rotatable bonds is 6. The van der Waals surface area contributed by atoms with E-state index in [1.54, 1.807) is 7.11 Å². The molecule has 2 rings (SSSR count). The Morgan fingerprint density at radius 2 is 2.29 bits per heavy atom. The maximum Gasteiger partial charge on any atom is 0.170 e. The Morgan fingerprint density at radius 1 is 1.41 bits per heavy atom. The number of methoxy groups -OCH3 is 1. The van der Waals surface area contributed by atoms with E-state index in [1.807, 2.05) is 28.8 Å². The molecule has 0 atom stereocenters. The van der Waals surface area contributed by atoms with Gasteiger partial charge in [-0.05, 0) is 31.4 Å². The molecule has 2 aromatic rings. The summed E-state index contributed by atoms with van der Waals surface area (Å²) in [5, 5.41) is 0. The minimum atomic E-state index is 0.550. The fraction of sp³-hybridized carbons (Fsp3) is 0.385. The molecule has 0 aliphatic rings. The number of unbranched alkanes of at least 4 members (excludes halogenated alkanes) is 1. The highest BCUT2D eigenvalue weighted by Crippen LogP contribution is 2.13. The second-order valence-corrected chi connectivity index (χ2v) is 3.94. The standard InChI is InChI=1S/C13H16N2O2/c1-17-9-5-3-6-12-11(10-16)14-13-7-2-4-8-15(12)13/h2,4,7-8,10H,3,5-6,9H2,1H3. The molecule has 90 valence electrons. The smallest absolute Gasteiger partial charge is 0.170 e. The van der Waals surface area contributed by atoms with E-state index in [0.717, 1.165) is 43.5 Å². The molecule has 4 nitrogen and oxygen atoms in total. The van der Waals surface area contributed by atoms with E-state index in [2.05, 4.69) is 4.98 Å². The molecule has 0 amide bonds. The molecule has 0 aromatic carbocycles. The lowest BCUT2D eigenvalue weighted by molar-refractivity contribution is 0.111. The van der Waals surface area contributed by atoms with Gasteiger partial charge in [-0.3, -0.25) is 4.79 Å². The van der Waals surface area contributed by atoms with E-state index in [-0.39, 0.29) is 0 Å². The van der Waals surface area contributed by atoms with Crippen LogP contribution >= 0.6 is 0 Å². The number of fused-ring (bicyclic) bond motifs is 1. The Labute approximate surface area is 100 Å². The van der Waals surface area contributed by atoms with Gasteiger partial charge in [0.2, 0.25) is 0 Å². The van der Waals surface area contributed by atoms with E-state index in [4.69, 9.17) is 4.74 Å². The average Bonchev–Trinajstić information content (AvgIpc) is 2.73. The van der Waals surface area contributed by atoms with Gasteiger partial charge < -0.3 is 9.14 Å². The first kappa shape index (κ1) is 11.8. The molecule has 0 bridgehead atoms. The predicted octanol–water partition coefficient (Wildman–Crippen LogP) is 2.12. The van der Waals surface area contributed by atoms with Crippen molar-refractivity contribution >= 4 is 11.9 Å². The van der Waals surface area contributed by atoms with Crippen LogP contribution in [0.2, 0.25) is 0 Å². The van der Waals surface area contributed by atoms with Crippen LogP contribution in [0.25, 0.3) is 5.65 Å². The Bertz CT molecular complexity index is 505. The number of hydrogen-bond acceptors (Lipinski definition) is 3. The second kappa shape index (κ2) is 5.59. The summed E-state index contributed by atoms with van der Waals surface area (Å²) >= 11 is 0. The molecule has 0 saturated carbocycles. The number of aldehydes is 1.